The number of aryl methyl sites for hydroxylation is 2. The van der Waals surface area contributed by atoms with Gasteiger partial charge in [0.25, 0.3) is 0 Å². The average molecular weight is 395 g/mol. The number of alkyl halides is 1. The van der Waals surface area contributed by atoms with Gasteiger partial charge in [-0.25, -0.2) is 0 Å². The van der Waals surface area contributed by atoms with Crippen molar-refractivity contribution in [2.75, 3.05) is 11.9 Å². The van der Waals surface area contributed by atoms with Gasteiger partial charge in [0.05, 0.1) is 6.61 Å². The van der Waals surface area contributed by atoms with E-state index in [-0.39, 0.29) is 0 Å². The maximum atomic E-state index is 6.10. The highest BCUT2D eigenvalue weighted by molar-refractivity contribution is 9.09. The van der Waals surface area contributed by atoms with Gasteiger partial charge in [-0.3, -0.25) is 0 Å². The molecule has 2 heteroatoms. The van der Waals surface area contributed by atoms with E-state index in [4.69, 9.17) is 4.74 Å². The van der Waals surface area contributed by atoms with Crippen LogP contribution >= 0.6 is 15.9 Å². The molecule has 128 valence electrons. The Morgan fingerprint density at radius 1 is 0.720 bits per heavy atom. The highest BCUT2D eigenvalue weighted by atomic mass is 79.9. The minimum Gasteiger partial charge on any atom is -0.493 e. The maximum absolute atomic E-state index is 6.10. The molecule has 25 heavy (non-hydrogen) atoms. The summed E-state index contributed by atoms with van der Waals surface area (Å²) in [4.78, 5) is 0. The van der Waals surface area contributed by atoms with Crippen LogP contribution in [0.3, 0.4) is 0 Å². The zero-order valence-corrected chi connectivity index (χ0v) is 15.9. The first kappa shape index (κ1) is 17.8. The van der Waals surface area contributed by atoms with Crippen LogP contribution in [0.25, 0.3) is 11.1 Å². The fourth-order valence-electron chi connectivity index (χ4n) is 2.87. The lowest BCUT2D eigenvalue weighted by Crippen LogP contribution is -2.02. The predicted molar refractivity (Wildman–Crippen MR) is 110 cm³/mol. The molecule has 0 aliphatic heterocycles. The Balaban J connectivity index is 1.80. The molecule has 0 amide bonds. The molecule has 0 aliphatic carbocycles. The predicted octanol–water partition coefficient (Wildman–Crippen LogP) is 6.30. The number of hydrogen-bond donors (Lipinski definition) is 0. The Labute approximate surface area is 158 Å². The van der Waals surface area contributed by atoms with Crippen LogP contribution < -0.4 is 4.74 Å². The highest BCUT2D eigenvalue weighted by Crippen LogP contribution is 2.28. The molecule has 0 N–H and O–H groups in total. The number of hydrogen-bond acceptors (Lipinski definition) is 1. The van der Waals surface area contributed by atoms with Crippen LogP contribution in [0, 0.1) is 0 Å². The summed E-state index contributed by atoms with van der Waals surface area (Å²) >= 11 is 3.47. The number of halogens is 1. The normalized spacial score (nSPS) is 10.6. The Morgan fingerprint density at radius 2 is 1.44 bits per heavy atom. The SMILES string of the molecule is BrCCCOc1cc(-c2ccccc2)ccc1CCc1ccccc1. The molecule has 1 nitrogen and oxygen atoms in total. The minimum absolute atomic E-state index is 0.738. The Bertz CT molecular complexity index is 769. The van der Waals surface area contributed by atoms with Crippen LogP contribution in [0.15, 0.2) is 78.9 Å². The maximum Gasteiger partial charge on any atom is 0.123 e. The van der Waals surface area contributed by atoms with Crippen molar-refractivity contribution in [2.45, 2.75) is 19.3 Å². The monoisotopic (exact) mass is 394 g/mol. The van der Waals surface area contributed by atoms with Gasteiger partial charge in [0, 0.05) is 5.33 Å². The Hall–Kier alpha value is -2.06. The van der Waals surface area contributed by atoms with Crippen LogP contribution in [0.4, 0.5) is 0 Å². The van der Waals surface area contributed by atoms with Gasteiger partial charge in [-0.05, 0) is 47.6 Å². The Kier molecular flexibility index (Phi) is 6.70. The third-order valence-corrected chi connectivity index (χ3v) is 4.80. The smallest absolute Gasteiger partial charge is 0.123 e. The number of rotatable bonds is 8. The van der Waals surface area contributed by atoms with Gasteiger partial charge < -0.3 is 4.74 Å². The van der Waals surface area contributed by atoms with E-state index in [2.05, 4.69) is 88.7 Å². The second-order valence-electron chi connectivity index (χ2n) is 6.07. The van der Waals surface area contributed by atoms with Crippen molar-refractivity contribution in [3.05, 3.63) is 90.0 Å². The van der Waals surface area contributed by atoms with Gasteiger partial charge >= 0.3 is 0 Å². The molecule has 0 unspecified atom stereocenters. The van der Waals surface area contributed by atoms with Crippen molar-refractivity contribution in [1.29, 1.82) is 0 Å². The van der Waals surface area contributed by atoms with E-state index in [1.165, 1.54) is 22.3 Å². The molecule has 3 aromatic rings. The van der Waals surface area contributed by atoms with Crippen LogP contribution in [-0.4, -0.2) is 11.9 Å². The van der Waals surface area contributed by atoms with Gasteiger partial charge in [-0.1, -0.05) is 88.7 Å². The molecule has 0 aliphatic rings. The summed E-state index contributed by atoms with van der Waals surface area (Å²) in [6, 6.07) is 27.7. The third kappa shape index (κ3) is 5.20. The number of benzene rings is 3. The van der Waals surface area contributed by atoms with E-state index in [1.54, 1.807) is 0 Å². The summed E-state index contributed by atoms with van der Waals surface area (Å²) < 4.78 is 6.10. The molecule has 0 saturated heterocycles. The summed E-state index contributed by atoms with van der Waals surface area (Å²) in [5.74, 6) is 1.01. The van der Waals surface area contributed by atoms with Crippen molar-refractivity contribution in [3.8, 4) is 16.9 Å². The first-order valence-corrected chi connectivity index (χ1v) is 9.90. The average Bonchev–Trinajstić information content (AvgIpc) is 2.68. The molecular formula is C23H23BrO. The largest absolute Gasteiger partial charge is 0.493 e. The topological polar surface area (TPSA) is 9.23 Å². The van der Waals surface area contributed by atoms with E-state index in [1.807, 2.05) is 6.07 Å². The molecule has 3 aromatic carbocycles. The summed E-state index contributed by atoms with van der Waals surface area (Å²) in [5, 5.41) is 0.963. The van der Waals surface area contributed by atoms with Gasteiger partial charge in [0.15, 0.2) is 0 Å². The first-order valence-electron chi connectivity index (χ1n) is 8.78. The Morgan fingerprint density at radius 3 is 2.16 bits per heavy atom. The van der Waals surface area contributed by atoms with Crippen molar-refractivity contribution >= 4 is 15.9 Å². The van der Waals surface area contributed by atoms with E-state index in [9.17, 15) is 0 Å². The quantitative estimate of drug-likeness (QED) is 0.321. The highest BCUT2D eigenvalue weighted by Gasteiger charge is 2.07. The fourth-order valence-corrected chi connectivity index (χ4v) is 3.09. The van der Waals surface area contributed by atoms with Crippen molar-refractivity contribution < 1.29 is 4.74 Å². The number of ether oxygens (including phenoxy) is 1. The van der Waals surface area contributed by atoms with Gasteiger partial charge in [0.1, 0.15) is 5.75 Å². The summed E-state index contributed by atoms with van der Waals surface area (Å²) in [6.45, 7) is 0.738. The molecule has 0 fully saturated rings. The molecule has 0 radical (unpaired) electrons. The van der Waals surface area contributed by atoms with E-state index in [0.29, 0.717) is 0 Å². The van der Waals surface area contributed by atoms with Crippen LogP contribution in [-0.2, 0) is 12.8 Å². The third-order valence-electron chi connectivity index (χ3n) is 4.24. The first-order chi connectivity index (χ1) is 12.4. The zero-order valence-electron chi connectivity index (χ0n) is 14.3. The molecule has 0 heterocycles. The zero-order chi connectivity index (χ0) is 17.3. The second kappa shape index (κ2) is 9.43. The molecule has 3 rings (SSSR count). The standard InChI is InChI=1S/C23H23BrO/c24-16-7-17-25-23-18-22(20-10-5-2-6-11-20)15-14-21(23)13-12-19-8-3-1-4-9-19/h1-6,8-11,14-15,18H,7,12-13,16-17H2. The molecule has 0 spiro atoms. The fraction of sp³-hybridized carbons (Fsp3) is 0.217. The minimum atomic E-state index is 0.738. The van der Waals surface area contributed by atoms with Crippen LogP contribution in [0.5, 0.6) is 5.75 Å². The summed E-state index contributed by atoms with van der Waals surface area (Å²) in [7, 11) is 0. The second-order valence-corrected chi connectivity index (χ2v) is 6.86. The van der Waals surface area contributed by atoms with E-state index in [0.717, 1.165) is 36.9 Å². The van der Waals surface area contributed by atoms with Crippen molar-refractivity contribution in [3.63, 3.8) is 0 Å². The van der Waals surface area contributed by atoms with Crippen LogP contribution in [0.1, 0.15) is 17.5 Å². The van der Waals surface area contributed by atoms with Crippen molar-refractivity contribution in [2.24, 2.45) is 0 Å². The lowest BCUT2D eigenvalue weighted by molar-refractivity contribution is 0.316. The van der Waals surface area contributed by atoms with Gasteiger partial charge in [0.2, 0.25) is 0 Å². The summed E-state index contributed by atoms with van der Waals surface area (Å²) in [6.07, 6.45) is 3.02. The lowest BCUT2D eigenvalue weighted by atomic mass is 9.99. The molecule has 0 aromatic heterocycles. The molecule has 0 saturated carbocycles. The summed E-state index contributed by atoms with van der Waals surface area (Å²) in [5.41, 5.74) is 5.07. The van der Waals surface area contributed by atoms with Gasteiger partial charge in [-0.15, -0.1) is 0 Å². The molecular weight excluding hydrogens is 372 g/mol. The van der Waals surface area contributed by atoms with Crippen LogP contribution in [0.2, 0.25) is 0 Å². The molecule has 0 bridgehead atoms. The molecule has 0 atom stereocenters. The lowest BCUT2D eigenvalue weighted by Gasteiger charge is -2.14. The van der Waals surface area contributed by atoms with Crippen molar-refractivity contribution in [1.82, 2.24) is 0 Å². The van der Waals surface area contributed by atoms with E-state index < -0.39 is 0 Å². The van der Waals surface area contributed by atoms with E-state index >= 15 is 0 Å². The van der Waals surface area contributed by atoms with Gasteiger partial charge in [-0.2, -0.15) is 0 Å².